The first kappa shape index (κ1) is 15.0. The third-order valence-electron chi connectivity index (χ3n) is 3.72. The van der Waals surface area contributed by atoms with Crippen LogP contribution < -0.4 is 5.32 Å². The molecule has 23 heavy (non-hydrogen) atoms. The fourth-order valence-electron chi connectivity index (χ4n) is 2.63. The van der Waals surface area contributed by atoms with Gasteiger partial charge in [-0.1, -0.05) is 12.1 Å². The standard InChI is InChI=1S/C17H15FN4O/c18-14-3-1-2-12(6-14)10-22-11-15(7-17(22)23)21-16-5-4-13(8-19)9-20-16/h1-6,9,15H,7,10-11H2,(H,20,21). The minimum Gasteiger partial charge on any atom is -0.365 e. The van der Waals surface area contributed by atoms with Crippen LogP contribution in [0.25, 0.3) is 0 Å². The van der Waals surface area contributed by atoms with E-state index in [2.05, 4.69) is 10.3 Å². The third-order valence-corrected chi connectivity index (χ3v) is 3.72. The summed E-state index contributed by atoms with van der Waals surface area (Å²) >= 11 is 0. The van der Waals surface area contributed by atoms with Gasteiger partial charge >= 0.3 is 0 Å². The second-order valence-electron chi connectivity index (χ2n) is 5.49. The van der Waals surface area contributed by atoms with E-state index in [1.165, 1.54) is 18.3 Å². The summed E-state index contributed by atoms with van der Waals surface area (Å²) in [5, 5.41) is 11.9. The molecule has 0 spiro atoms. The van der Waals surface area contributed by atoms with Gasteiger partial charge in [-0.25, -0.2) is 9.37 Å². The summed E-state index contributed by atoms with van der Waals surface area (Å²) in [5.74, 6) is 0.361. The lowest BCUT2D eigenvalue weighted by Gasteiger charge is -2.17. The molecular weight excluding hydrogens is 295 g/mol. The number of carbonyl (C=O) groups excluding carboxylic acids is 1. The molecule has 1 unspecified atom stereocenters. The Morgan fingerprint density at radius 3 is 2.96 bits per heavy atom. The van der Waals surface area contributed by atoms with Gasteiger partial charge in [0, 0.05) is 25.7 Å². The van der Waals surface area contributed by atoms with E-state index in [0.717, 1.165) is 5.56 Å². The highest BCUT2D eigenvalue weighted by molar-refractivity contribution is 5.80. The molecule has 1 atom stereocenters. The van der Waals surface area contributed by atoms with Crippen molar-refractivity contribution in [1.82, 2.24) is 9.88 Å². The molecule has 0 radical (unpaired) electrons. The van der Waals surface area contributed by atoms with Crippen molar-refractivity contribution in [3.63, 3.8) is 0 Å². The molecule has 1 fully saturated rings. The van der Waals surface area contributed by atoms with Crippen molar-refractivity contribution in [3.8, 4) is 6.07 Å². The summed E-state index contributed by atoms with van der Waals surface area (Å²) in [4.78, 5) is 17.9. The van der Waals surface area contributed by atoms with Crippen molar-refractivity contribution in [3.05, 3.63) is 59.5 Å². The van der Waals surface area contributed by atoms with Gasteiger partial charge in [-0.2, -0.15) is 5.26 Å². The number of carbonyl (C=O) groups is 1. The van der Waals surface area contributed by atoms with Gasteiger partial charge in [0.1, 0.15) is 17.7 Å². The van der Waals surface area contributed by atoms with Crippen molar-refractivity contribution in [2.75, 3.05) is 11.9 Å². The fraction of sp³-hybridized carbons (Fsp3) is 0.235. The Bertz CT molecular complexity index is 754. The number of amides is 1. The first-order valence-electron chi connectivity index (χ1n) is 7.29. The maximum Gasteiger partial charge on any atom is 0.225 e. The highest BCUT2D eigenvalue weighted by atomic mass is 19.1. The Labute approximate surface area is 133 Å². The normalized spacial score (nSPS) is 17.1. The Morgan fingerprint density at radius 1 is 1.39 bits per heavy atom. The van der Waals surface area contributed by atoms with Gasteiger partial charge in [0.05, 0.1) is 11.6 Å². The van der Waals surface area contributed by atoms with Crippen LogP contribution >= 0.6 is 0 Å². The largest absolute Gasteiger partial charge is 0.365 e. The van der Waals surface area contributed by atoms with E-state index in [4.69, 9.17) is 5.26 Å². The van der Waals surface area contributed by atoms with Gasteiger partial charge in [0.2, 0.25) is 5.91 Å². The Kier molecular flexibility index (Phi) is 4.20. The number of hydrogen-bond acceptors (Lipinski definition) is 4. The molecule has 0 saturated carbocycles. The number of nitrogens with one attached hydrogen (secondary N) is 1. The molecule has 1 N–H and O–H groups in total. The number of halogens is 1. The van der Waals surface area contributed by atoms with Gasteiger partial charge in [0.25, 0.3) is 0 Å². The molecule has 0 bridgehead atoms. The van der Waals surface area contributed by atoms with Gasteiger partial charge in [-0.15, -0.1) is 0 Å². The summed E-state index contributed by atoms with van der Waals surface area (Å²) in [6.07, 6.45) is 1.86. The zero-order chi connectivity index (χ0) is 16.2. The molecule has 1 aliphatic rings. The van der Waals surface area contributed by atoms with Crippen LogP contribution in [0.3, 0.4) is 0 Å². The summed E-state index contributed by atoms with van der Waals surface area (Å²) in [5.41, 5.74) is 1.27. The summed E-state index contributed by atoms with van der Waals surface area (Å²) in [7, 11) is 0. The van der Waals surface area contributed by atoms with Gasteiger partial charge in [-0.05, 0) is 29.8 Å². The minimum atomic E-state index is -0.300. The number of nitrogens with zero attached hydrogens (tertiary/aromatic N) is 3. The molecule has 1 amide bonds. The number of anilines is 1. The number of benzene rings is 1. The van der Waals surface area contributed by atoms with Crippen molar-refractivity contribution in [1.29, 1.82) is 5.26 Å². The lowest BCUT2D eigenvalue weighted by molar-refractivity contribution is -0.128. The topological polar surface area (TPSA) is 69.0 Å². The van der Waals surface area contributed by atoms with Crippen molar-refractivity contribution < 1.29 is 9.18 Å². The molecule has 5 nitrogen and oxygen atoms in total. The van der Waals surface area contributed by atoms with Crippen LogP contribution in [-0.4, -0.2) is 28.4 Å². The Balaban J connectivity index is 1.61. The lowest BCUT2D eigenvalue weighted by atomic mass is 10.2. The van der Waals surface area contributed by atoms with Crippen molar-refractivity contribution in [2.45, 2.75) is 19.0 Å². The second kappa shape index (κ2) is 6.44. The first-order chi connectivity index (χ1) is 11.1. The molecule has 1 aliphatic heterocycles. The molecule has 1 aromatic carbocycles. The molecule has 0 aliphatic carbocycles. The van der Waals surface area contributed by atoms with E-state index in [1.807, 2.05) is 6.07 Å². The van der Waals surface area contributed by atoms with Crippen LogP contribution in [0.1, 0.15) is 17.5 Å². The van der Waals surface area contributed by atoms with E-state index in [0.29, 0.717) is 30.9 Å². The quantitative estimate of drug-likeness (QED) is 0.941. The molecule has 2 aromatic rings. The number of likely N-dealkylation sites (tertiary alicyclic amines) is 1. The Morgan fingerprint density at radius 2 is 2.26 bits per heavy atom. The number of hydrogen-bond donors (Lipinski definition) is 1. The van der Waals surface area contributed by atoms with Gasteiger partial charge in [0.15, 0.2) is 0 Å². The SMILES string of the molecule is N#Cc1ccc(NC2CC(=O)N(Cc3cccc(F)c3)C2)nc1. The summed E-state index contributed by atoms with van der Waals surface area (Å²) in [6, 6.07) is 11.6. The zero-order valence-electron chi connectivity index (χ0n) is 12.4. The molecule has 1 aromatic heterocycles. The fourth-order valence-corrected chi connectivity index (χ4v) is 2.63. The minimum absolute atomic E-state index is 0.0282. The van der Waals surface area contributed by atoms with E-state index >= 15 is 0 Å². The molecule has 116 valence electrons. The summed E-state index contributed by atoms with van der Waals surface area (Å²) < 4.78 is 13.2. The van der Waals surface area contributed by atoms with E-state index in [-0.39, 0.29) is 17.8 Å². The molecular formula is C17H15FN4O. The van der Waals surface area contributed by atoms with Gasteiger partial charge < -0.3 is 10.2 Å². The van der Waals surface area contributed by atoms with Crippen LogP contribution in [0.5, 0.6) is 0 Å². The highest BCUT2D eigenvalue weighted by Crippen LogP contribution is 2.18. The third kappa shape index (κ3) is 3.64. The monoisotopic (exact) mass is 310 g/mol. The number of rotatable bonds is 4. The lowest BCUT2D eigenvalue weighted by Crippen LogP contribution is -2.27. The average Bonchev–Trinajstić information content (AvgIpc) is 2.87. The smallest absolute Gasteiger partial charge is 0.225 e. The highest BCUT2D eigenvalue weighted by Gasteiger charge is 2.29. The van der Waals surface area contributed by atoms with Crippen LogP contribution in [0.15, 0.2) is 42.6 Å². The van der Waals surface area contributed by atoms with E-state index in [9.17, 15) is 9.18 Å². The average molecular weight is 310 g/mol. The van der Waals surface area contributed by atoms with E-state index in [1.54, 1.807) is 29.2 Å². The van der Waals surface area contributed by atoms with Crippen molar-refractivity contribution in [2.24, 2.45) is 0 Å². The predicted octanol–water partition coefficient (Wildman–Crippen LogP) is 2.31. The van der Waals surface area contributed by atoms with Crippen LogP contribution in [0.4, 0.5) is 10.2 Å². The maximum absolute atomic E-state index is 13.2. The number of nitriles is 1. The molecule has 2 heterocycles. The van der Waals surface area contributed by atoms with Crippen LogP contribution in [0, 0.1) is 17.1 Å². The Hall–Kier alpha value is -2.94. The molecule has 1 saturated heterocycles. The van der Waals surface area contributed by atoms with Crippen molar-refractivity contribution >= 4 is 11.7 Å². The zero-order valence-corrected chi connectivity index (χ0v) is 12.4. The van der Waals surface area contributed by atoms with Crippen LogP contribution in [-0.2, 0) is 11.3 Å². The molecule has 3 rings (SSSR count). The second-order valence-corrected chi connectivity index (χ2v) is 5.49. The number of pyridine rings is 1. The number of aromatic nitrogens is 1. The van der Waals surface area contributed by atoms with Crippen LogP contribution in [0.2, 0.25) is 0 Å². The molecule has 6 heteroatoms. The maximum atomic E-state index is 13.2. The van der Waals surface area contributed by atoms with E-state index < -0.39 is 0 Å². The summed E-state index contributed by atoms with van der Waals surface area (Å²) in [6.45, 7) is 0.937. The predicted molar refractivity (Wildman–Crippen MR) is 82.8 cm³/mol. The van der Waals surface area contributed by atoms with Gasteiger partial charge in [-0.3, -0.25) is 4.79 Å². The first-order valence-corrected chi connectivity index (χ1v) is 7.29.